The van der Waals surface area contributed by atoms with E-state index >= 15 is 0 Å². The molecule has 2 aliphatic heterocycles. The number of aliphatic hydroxyl groups excluding tert-OH is 1. The van der Waals surface area contributed by atoms with E-state index in [9.17, 15) is 63.0 Å². The van der Waals surface area contributed by atoms with Gasteiger partial charge in [0.05, 0.1) is 25.5 Å². The van der Waals surface area contributed by atoms with E-state index in [1.165, 1.54) is 23.6 Å². The second kappa shape index (κ2) is 24.7. The third kappa shape index (κ3) is 15.1. The molecule has 0 aromatic rings. The average Bonchev–Trinajstić information content (AvgIpc) is 3.93. The maximum atomic E-state index is 14.1. The highest BCUT2D eigenvalue weighted by Gasteiger charge is 2.42. The fourth-order valence-corrected chi connectivity index (χ4v) is 7.14. The number of carbonyl (C=O) groups excluding carboxylic acids is 10. The van der Waals surface area contributed by atoms with Crippen LogP contribution < -0.4 is 49.1 Å². The molecule has 11 atom stereocenters. The van der Waals surface area contributed by atoms with Gasteiger partial charge in [0.1, 0.15) is 48.3 Å². The van der Waals surface area contributed by atoms with Gasteiger partial charge < -0.3 is 69.1 Å². The van der Waals surface area contributed by atoms with Gasteiger partial charge in [-0.3, -0.25) is 47.9 Å². The van der Waals surface area contributed by atoms with Crippen molar-refractivity contribution in [1.29, 1.82) is 0 Å². The lowest BCUT2D eigenvalue weighted by atomic mass is 9.96. The number of primary amides is 2. The van der Waals surface area contributed by atoms with Crippen molar-refractivity contribution < 1.29 is 63.0 Å². The maximum absolute atomic E-state index is 14.1. The number of nitrogens with one attached hydrogen (secondary N) is 6. The molecule has 0 saturated carbocycles. The maximum Gasteiger partial charge on any atom is 0.326 e. The minimum absolute atomic E-state index is 0.110. The predicted molar refractivity (Wildman–Crippen MR) is 222 cm³/mol. The molecule has 14 N–H and O–H groups in total. The number of hydrogen-bond donors (Lipinski definition) is 11. The number of nitrogens with zero attached hydrogens (tertiary/aromatic N) is 2. The third-order valence-corrected chi connectivity index (χ3v) is 11.3. The van der Waals surface area contributed by atoms with Crippen LogP contribution in [0.5, 0.6) is 0 Å². The first-order chi connectivity index (χ1) is 29.5. The number of carboxylic acids is 1. The van der Waals surface area contributed by atoms with Crippen molar-refractivity contribution in [2.75, 3.05) is 19.7 Å². The molecule has 24 nitrogen and oxygen atoms in total. The summed E-state index contributed by atoms with van der Waals surface area (Å²) in [6.07, 6.45) is 0.886. The summed E-state index contributed by atoms with van der Waals surface area (Å²) in [5, 5.41) is 34.4. The Morgan fingerprint density at radius 2 is 1.08 bits per heavy atom. The normalized spacial score (nSPS) is 20.3. The number of nitrogens with two attached hydrogens (primary N) is 3. The molecule has 0 aromatic heterocycles. The molecule has 10 amide bonds. The van der Waals surface area contributed by atoms with Crippen molar-refractivity contribution in [3.05, 3.63) is 0 Å². The molecule has 2 aliphatic rings. The van der Waals surface area contributed by atoms with Crippen LogP contribution in [0.1, 0.15) is 92.9 Å². The first-order valence-electron chi connectivity index (χ1n) is 21.1. The summed E-state index contributed by atoms with van der Waals surface area (Å²) >= 11 is 0. The van der Waals surface area contributed by atoms with Gasteiger partial charge in [-0.2, -0.15) is 0 Å². The lowest BCUT2D eigenvalue weighted by Gasteiger charge is -2.33. The number of likely N-dealkylation sites (tertiary alicyclic amines) is 2. The van der Waals surface area contributed by atoms with Gasteiger partial charge in [0, 0.05) is 13.1 Å². The molecule has 2 heterocycles. The minimum Gasteiger partial charge on any atom is -0.480 e. The molecule has 2 rings (SSSR count). The van der Waals surface area contributed by atoms with Crippen LogP contribution in [-0.4, -0.2) is 159 Å². The van der Waals surface area contributed by atoms with Gasteiger partial charge in [-0.1, -0.05) is 40.5 Å². The Hall–Kier alpha value is -5.91. The minimum atomic E-state index is -1.63. The number of rotatable bonds is 24. The summed E-state index contributed by atoms with van der Waals surface area (Å²) < 4.78 is 0. The molecule has 63 heavy (non-hydrogen) atoms. The molecule has 354 valence electrons. The number of carbonyl (C=O) groups is 11. The van der Waals surface area contributed by atoms with Gasteiger partial charge in [0.15, 0.2) is 0 Å². The van der Waals surface area contributed by atoms with E-state index in [4.69, 9.17) is 17.2 Å². The summed E-state index contributed by atoms with van der Waals surface area (Å²) in [6.45, 7) is 8.92. The number of aliphatic carboxylic acids is 1. The average molecular weight is 896 g/mol. The molecule has 0 radical (unpaired) electrons. The highest BCUT2D eigenvalue weighted by atomic mass is 16.4. The quantitative estimate of drug-likeness (QED) is 0.0433. The van der Waals surface area contributed by atoms with Crippen LogP contribution in [0, 0.1) is 11.8 Å². The zero-order chi connectivity index (χ0) is 47.9. The second-order valence-electron chi connectivity index (χ2n) is 16.2. The lowest BCUT2D eigenvalue weighted by Crippen LogP contribution is -2.62. The van der Waals surface area contributed by atoms with Gasteiger partial charge in [-0.05, 0) is 51.4 Å². The Labute approximate surface area is 365 Å². The van der Waals surface area contributed by atoms with Gasteiger partial charge in [-0.25, -0.2) is 4.79 Å². The summed E-state index contributed by atoms with van der Waals surface area (Å²) in [7, 11) is 0. The van der Waals surface area contributed by atoms with Gasteiger partial charge in [-0.15, -0.1) is 0 Å². The molecule has 0 spiro atoms. The Morgan fingerprint density at radius 1 is 0.587 bits per heavy atom. The lowest BCUT2D eigenvalue weighted by molar-refractivity contribution is -0.145. The first-order valence-corrected chi connectivity index (χ1v) is 21.1. The second-order valence-corrected chi connectivity index (χ2v) is 16.2. The largest absolute Gasteiger partial charge is 0.480 e. The topological polar surface area (TPSA) is 385 Å². The zero-order valence-electron chi connectivity index (χ0n) is 36.6. The van der Waals surface area contributed by atoms with Gasteiger partial charge >= 0.3 is 5.97 Å². The summed E-state index contributed by atoms with van der Waals surface area (Å²) in [5.74, 6) is -10.5. The van der Waals surface area contributed by atoms with E-state index in [0.29, 0.717) is 25.7 Å². The van der Waals surface area contributed by atoms with E-state index < -0.39 is 151 Å². The monoisotopic (exact) mass is 895 g/mol. The molecule has 0 aliphatic carbocycles. The van der Waals surface area contributed by atoms with Crippen molar-refractivity contribution in [2.24, 2.45) is 29.0 Å². The van der Waals surface area contributed by atoms with Crippen molar-refractivity contribution in [3.63, 3.8) is 0 Å². The standard InChI is InChI=1S/C39H65N11O13/c1-7-18(3)29(47-35(58)26-12-9-13-49(26)37(60)21(6)44-32(55)22(40)15-27(41)52)36(59)46-24(17-51)33(56)48-30(19(4)8-2)38(61)50-14-10-11-25(50)34(57)43-20(5)31(54)45-23(39(62)63)16-28(42)53/h18-26,29-30,51H,7-17,40H2,1-6H3,(H2,41,52)(H2,42,53)(H,43,57)(H,44,55)(H,45,54)(H,46,59)(H,47,58)(H,48,56)(H,62,63)/t18-,19-,20-,21-,22-,23-,24-,25-,26-,29-,30-/m0/s1. The van der Waals surface area contributed by atoms with E-state index in [1.54, 1.807) is 27.7 Å². The fraction of sp³-hybridized carbons (Fsp3) is 0.718. The molecule has 0 bridgehead atoms. The fourth-order valence-electron chi connectivity index (χ4n) is 7.14. The van der Waals surface area contributed by atoms with E-state index in [-0.39, 0.29) is 25.9 Å². The third-order valence-electron chi connectivity index (χ3n) is 11.3. The zero-order valence-corrected chi connectivity index (χ0v) is 36.6. The highest BCUT2D eigenvalue weighted by molar-refractivity contribution is 5.99. The molecule has 0 unspecified atom stereocenters. The van der Waals surface area contributed by atoms with Crippen LogP contribution in [0.15, 0.2) is 0 Å². The first kappa shape index (κ1) is 53.2. The molecule has 0 aromatic carbocycles. The smallest absolute Gasteiger partial charge is 0.326 e. The van der Waals surface area contributed by atoms with Crippen LogP contribution in [0.4, 0.5) is 0 Å². The Kier molecular flexibility index (Phi) is 20.8. The number of amides is 10. The van der Waals surface area contributed by atoms with Crippen LogP contribution >= 0.6 is 0 Å². The summed E-state index contributed by atoms with van der Waals surface area (Å²) in [5.41, 5.74) is 15.9. The summed E-state index contributed by atoms with van der Waals surface area (Å²) in [4.78, 5) is 143. The van der Waals surface area contributed by atoms with E-state index in [0.717, 1.165) is 0 Å². The number of hydrogen-bond acceptors (Lipinski definition) is 13. The Balaban J connectivity index is 2.17. The molecule has 2 fully saturated rings. The SMILES string of the molecule is CC[C@H](C)[C@H](NC(=O)[C@@H]1CCCN1C(=O)[C@H](C)NC(=O)[C@@H](N)CC(N)=O)C(=O)N[C@@H](CO)C(=O)N[C@H](C(=O)N1CCC[C@H]1C(=O)N[C@@H](C)C(=O)N[C@@H](CC(N)=O)C(=O)O)[C@@H](C)CC. The van der Waals surface area contributed by atoms with Crippen molar-refractivity contribution in [3.8, 4) is 0 Å². The Morgan fingerprint density at radius 3 is 1.57 bits per heavy atom. The predicted octanol–water partition coefficient (Wildman–Crippen LogP) is -4.84. The van der Waals surface area contributed by atoms with Crippen LogP contribution in [0.2, 0.25) is 0 Å². The van der Waals surface area contributed by atoms with E-state index in [1.807, 2.05) is 0 Å². The van der Waals surface area contributed by atoms with Crippen LogP contribution in [-0.2, 0) is 52.7 Å². The van der Waals surface area contributed by atoms with E-state index in [2.05, 4.69) is 31.9 Å². The van der Waals surface area contributed by atoms with Crippen LogP contribution in [0.3, 0.4) is 0 Å². The molecular formula is C39H65N11O13. The molecule has 24 heteroatoms. The van der Waals surface area contributed by atoms with Crippen molar-refractivity contribution in [2.45, 2.75) is 147 Å². The molecule has 2 saturated heterocycles. The van der Waals surface area contributed by atoms with Crippen LogP contribution in [0.25, 0.3) is 0 Å². The van der Waals surface area contributed by atoms with Gasteiger partial charge in [0.25, 0.3) is 0 Å². The molecular weight excluding hydrogens is 830 g/mol. The van der Waals surface area contributed by atoms with Gasteiger partial charge in [0.2, 0.25) is 59.1 Å². The van der Waals surface area contributed by atoms with Crippen molar-refractivity contribution in [1.82, 2.24) is 41.7 Å². The highest BCUT2D eigenvalue weighted by Crippen LogP contribution is 2.23. The summed E-state index contributed by atoms with van der Waals surface area (Å²) in [6, 6.07) is -11.5. The van der Waals surface area contributed by atoms with Crippen molar-refractivity contribution >= 4 is 65.0 Å². The Bertz CT molecular complexity index is 1730. The number of carboxylic acid groups (broad SMARTS) is 1. The number of aliphatic hydroxyl groups is 1.